The standard InChI is InChI=1S/C20H21N5O/c1-15(16-6-8-18(9-7-16)25-10-12-26-13-11-25)22-24-20-19-5-3-2-4-17(19)14-21-23-20/h2-9,14H,10-13H2,1H3,(H,23,24)/b22-15-. The number of benzene rings is 2. The lowest BCUT2D eigenvalue weighted by Gasteiger charge is -2.28. The van der Waals surface area contributed by atoms with Gasteiger partial charge in [-0.3, -0.25) is 5.43 Å². The largest absolute Gasteiger partial charge is 0.378 e. The van der Waals surface area contributed by atoms with Gasteiger partial charge in [-0.2, -0.15) is 10.2 Å². The molecule has 0 atom stereocenters. The number of anilines is 2. The molecule has 0 amide bonds. The molecule has 0 saturated carbocycles. The van der Waals surface area contributed by atoms with Crippen molar-refractivity contribution in [3.8, 4) is 0 Å². The SMILES string of the molecule is C/C(=N/Nc1nncc2ccccc12)c1ccc(N2CCOCC2)cc1. The van der Waals surface area contributed by atoms with Crippen LogP contribution in [0, 0.1) is 0 Å². The zero-order valence-electron chi connectivity index (χ0n) is 14.7. The molecule has 2 aromatic carbocycles. The Bertz CT molecular complexity index is 912. The molecule has 0 spiro atoms. The summed E-state index contributed by atoms with van der Waals surface area (Å²) in [6.07, 6.45) is 1.75. The number of hydrogen-bond acceptors (Lipinski definition) is 6. The third kappa shape index (κ3) is 3.50. The van der Waals surface area contributed by atoms with E-state index in [1.54, 1.807) is 6.20 Å². The molecule has 1 aliphatic rings. The van der Waals surface area contributed by atoms with E-state index in [-0.39, 0.29) is 0 Å². The Balaban J connectivity index is 1.50. The van der Waals surface area contributed by atoms with E-state index < -0.39 is 0 Å². The van der Waals surface area contributed by atoms with Gasteiger partial charge in [0.25, 0.3) is 0 Å². The Kier molecular flexibility index (Phi) is 4.75. The summed E-state index contributed by atoms with van der Waals surface area (Å²) in [4.78, 5) is 2.34. The van der Waals surface area contributed by atoms with Crippen molar-refractivity contribution >= 4 is 28.0 Å². The van der Waals surface area contributed by atoms with Gasteiger partial charge >= 0.3 is 0 Å². The number of fused-ring (bicyclic) bond motifs is 1. The van der Waals surface area contributed by atoms with Crippen LogP contribution < -0.4 is 10.3 Å². The molecule has 0 unspecified atom stereocenters. The van der Waals surface area contributed by atoms with Gasteiger partial charge in [0.2, 0.25) is 0 Å². The average Bonchev–Trinajstić information content (AvgIpc) is 2.73. The second kappa shape index (κ2) is 7.49. The van der Waals surface area contributed by atoms with Crippen LogP contribution in [0.3, 0.4) is 0 Å². The van der Waals surface area contributed by atoms with Crippen molar-refractivity contribution < 1.29 is 4.74 Å². The monoisotopic (exact) mass is 347 g/mol. The zero-order chi connectivity index (χ0) is 17.8. The van der Waals surface area contributed by atoms with E-state index in [0.717, 1.165) is 48.4 Å². The maximum atomic E-state index is 5.41. The normalized spacial score (nSPS) is 15.3. The van der Waals surface area contributed by atoms with Crippen LogP contribution in [0.5, 0.6) is 0 Å². The van der Waals surface area contributed by atoms with Crippen LogP contribution in [0.15, 0.2) is 59.8 Å². The number of rotatable bonds is 4. The summed E-state index contributed by atoms with van der Waals surface area (Å²) < 4.78 is 5.41. The van der Waals surface area contributed by atoms with Crippen molar-refractivity contribution in [1.82, 2.24) is 10.2 Å². The van der Waals surface area contributed by atoms with E-state index in [1.807, 2.05) is 31.2 Å². The van der Waals surface area contributed by atoms with Crippen LogP contribution in [0.2, 0.25) is 0 Å². The third-order valence-electron chi connectivity index (χ3n) is 4.56. The van der Waals surface area contributed by atoms with Crippen LogP contribution >= 0.6 is 0 Å². The molecular formula is C20H21N5O. The summed E-state index contributed by atoms with van der Waals surface area (Å²) in [6.45, 7) is 5.44. The molecular weight excluding hydrogens is 326 g/mol. The Morgan fingerprint density at radius 1 is 1.08 bits per heavy atom. The molecule has 0 radical (unpaired) electrons. The summed E-state index contributed by atoms with van der Waals surface area (Å²) in [5.41, 5.74) is 6.24. The first-order chi connectivity index (χ1) is 12.8. The molecule has 1 N–H and O–H groups in total. The van der Waals surface area contributed by atoms with E-state index >= 15 is 0 Å². The molecule has 1 saturated heterocycles. The van der Waals surface area contributed by atoms with Gasteiger partial charge in [0.1, 0.15) is 0 Å². The minimum absolute atomic E-state index is 0.660. The van der Waals surface area contributed by atoms with Crippen LogP contribution in [0.4, 0.5) is 11.5 Å². The zero-order valence-corrected chi connectivity index (χ0v) is 14.7. The fourth-order valence-corrected chi connectivity index (χ4v) is 3.05. The number of hydrogen-bond donors (Lipinski definition) is 1. The highest BCUT2D eigenvalue weighted by atomic mass is 16.5. The first-order valence-corrected chi connectivity index (χ1v) is 8.75. The molecule has 132 valence electrons. The van der Waals surface area contributed by atoms with Gasteiger partial charge in [-0.25, -0.2) is 0 Å². The van der Waals surface area contributed by atoms with Crippen LogP contribution in [0.25, 0.3) is 10.8 Å². The number of aromatic nitrogens is 2. The van der Waals surface area contributed by atoms with Crippen molar-refractivity contribution in [2.75, 3.05) is 36.6 Å². The lowest BCUT2D eigenvalue weighted by atomic mass is 10.1. The fourth-order valence-electron chi connectivity index (χ4n) is 3.05. The second-order valence-corrected chi connectivity index (χ2v) is 6.24. The van der Waals surface area contributed by atoms with Gasteiger partial charge < -0.3 is 9.64 Å². The predicted molar refractivity (Wildman–Crippen MR) is 105 cm³/mol. The molecule has 0 aliphatic carbocycles. The number of nitrogens with one attached hydrogen (secondary N) is 1. The second-order valence-electron chi connectivity index (χ2n) is 6.24. The minimum Gasteiger partial charge on any atom is -0.378 e. The van der Waals surface area contributed by atoms with Gasteiger partial charge in [-0.05, 0) is 24.6 Å². The lowest BCUT2D eigenvalue weighted by Crippen LogP contribution is -2.36. The maximum Gasteiger partial charge on any atom is 0.176 e. The average molecular weight is 347 g/mol. The van der Waals surface area contributed by atoms with Gasteiger partial charge in [0, 0.05) is 29.5 Å². The van der Waals surface area contributed by atoms with Crippen LogP contribution in [-0.4, -0.2) is 42.2 Å². The van der Waals surface area contributed by atoms with E-state index in [0.29, 0.717) is 5.82 Å². The topological polar surface area (TPSA) is 62.6 Å². The molecule has 6 nitrogen and oxygen atoms in total. The van der Waals surface area contributed by atoms with Gasteiger partial charge in [-0.15, -0.1) is 5.10 Å². The van der Waals surface area contributed by atoms with E-state index in [4.69, 9.17) is 4.74 Å². The molecule has 2 heterocycles. The summed E-state index contributed by atoms with van der Waals surface area (Å²) in [6, 6.07) is 16.5. The predicted octanol–water partition coefficient (Wildman–Crippen LogP) is 3.30. The highest BCUT2D eigenvalue weighted by molar-refractivity contribution is 6.00. The number of morpholine rings is 1. The van der Waals surface area contributed by atoms with E-state index in [9.17, 15) is 0 Å². The van der Waals surface area contributed by atoms with Crippen molar-refractivity contribution in [2.24, 2.45) is 5.10 Å². The molecule has 1 fully saturated rings. The van der Waals surface area contributed by atoms with E-state index in [1.165, 1.54) is 5.69 Å². The number of ether oxygens (including phenoxy) is 1. The Hall–Kier alpha value is -2.99. The van der Waals surface area contributed by atoms with Crippen molar-refractivity contribution in [3.63, 3.8) is 0 Å². The summed E-state index contributed by atoms with van der Waals surface area (Å²) in [5.74, 6) is 0.660. The Morgan fingerprint density at radius 3 is 2.65 bits per heavy atom. The van der Waals surface area contributed by atoms with Crippen molar-refractivity contribution in [3.05, 3.63) is 60.3 Å². The molecule has 26 heavy (non-hydrogen) atoms. The van der Waals surface area contributed by atoms with Gasteiger partial charge in [-0.1, -0.05) is 36.4 Å². The third-order valence-corrected chi connectivity index (χ3v) is 4.56. The summed E-state index contributed by atoms with van der Waals surface area (Å²) >= 11 is 0. The van der Waals surface area contributed by atoms with Crippen LogP contribution in [0.1, 0.15) is 12.5 Å². The Labute approximate surface area is 152 Å². The first-order valence-electron chi connectivity index (χ1n) is 8.75. The first kappa shape index (κ1) is 16.5. The van der Waals surface area contributed by atoms with Crippen molar-refractivity contribution in [2.45, 2.75) is 6.92 Å². The molecule has 0 bridgehead atoms. The lowest BCUT2D eigenvalue weighted by molar-refractivity contribution is 0.122. The number of nitrogens with zero attached hydrogens (tertiary/aromatic N) is 4. The highest BCUT2D eigenvalue weighted by Crippen LogP contribution is 2.20. The molecule has 6 heteroatoms. The summed E-state index contributed by atoms with van der Waals surface area (Å²) in [7, 11) is 0. The quantitative estimate of drug-likeness (QED) is 0.579. The molecule has 3 aromatic rings. The minimum atomic E-state index is 0.660. The maximum absolute atomic E-state index is 5.41. The molecule has 4 rings (SSSR count). The van der Waals surface area contributed by atoms with E-state index in [2.05, 4.69) is 49.9 Å². The van der Waals surface area contributed by atoms with Gasteiger partial charge in [0.05, 0.1) is 25.1 Å². The Morgan fingerprint density at radius 2 is 1.85 bits per heavy atom. The van der Waals surface area contributed by atoms with Crippen LogP contribution in [-0.2, 0) is 4.74 Å². The fraction of sp³-hybridized carbons (Fsp3) is 0.250. The number of hydrazone groups is 1. The smallest absolute Gasteiger partial charge is 0.176 e. The molecule has 1 aliphatic heterocycles. The van der Waals surface area contributed by atoms with Gasteiger partial charge in [0.15, 0.2) is 5.82 Å². The molecule has 1 aromatic heterocycles. The summed E-state index contributed by atoms with van der Waals surface area (Å²) in [5, 5.41) is 14.7. The van der Waals surface area contributed by atoms with Crippen molar-refractivity contribution in [1.29, 1.82) is 0 Å². The highest BCUT2D eigenvalue weighted by Gasteiger charge is 2.11.